The minimum atomic E-state index is 0.282. The van der Waals surface area contributed by atoms with Gasteiger partial charge in [0.05, 0.1) is 6.61 Å². The first-order valence-corrected chi connectivity index (χ1v) is 5.91. The van der Waals surface area contributed by atoms with E-state index in [4.69, 9.17) is 4.74 Å². The molecular weight excluding hydrogens is 190 g/mol. The van der Waals surface area contributed by atoms with Gasteiger partial charge >= 0.3 is 0 Å². The number of ether oxygens (including phenoxy) is 1. The average molecular weight is 213 g/mol. The highest BCUT2D eigenvalue weighted by Crippen LogP contribution is 2.22. The van der Waals surface area contributed by atoms with Crippen molar-refractivity contribution in [1.82, 2.24) is 4.90 Å². The van der Waals surface area contributed by atoms with Crippen molar-refractivity contribution in [2.75, 3.05) is 26.8 Å². The Morgan fingerprint density at radius 1 is 1.53 bits per heavy atom. The molecule has 1 aliphatic carbocycles. The zero-order chi connectivity index (χ0) is 11.3. The van der Waals surface area contributed by atoms with Crippen LogP contribution in [-0.2, 0) is 9.53 Å². The number of hydrogen-bond donors (Lipinski definition) is 0. The van der Waals surface area contributed by atoms with Crippen molar-refractivity contribution in [3.05, 3.63) is 0 Å². The summed E-state index contributed by atoms with van der Waals surface area (Å²) >= 11 is 0. The topological polar surface area (TPSA) is 29.5 Å². The van der Waals surface area contributed by atoms with Crippen LogP contribution in [0.4, 0.5) is 0 Å². The van der Waals surface area contributed by atoms with E-state index >= 15 is 0 Å². The van der Waals surface area contributed by atoms with Gasteiger partial charge in [-0.3, -0.25) is 9.69 Å². The van der Waals surface area contributed by atoms with E-state index in [2.05, 4.69) is 18.7 Å². The second kappa shape index (κ2) is 6.23. The van der Waals surface area contributed by atoms with Crippen LogP contribution < -0.4 is 0 Å². The van der Waals surface area contributed by atoms with Gasteiger partial charge in [0.1, 0.15) is 5.78 Å². The van der Waals surface area contributed by atoms with Crippen molar-refractivity contribution in [2.45, 2.75) is 39.2 Å². The number of ketones is 1. The molecule has 1 fully saturated rings. The first-order valence-electron chi connectivity index (χ1n) is 5.91. The zero-order valence-corrected chi connectivity index (χ0v) is 10.2. The number of Topliss-reactive ketones (excluding diaryl/α,β-unsaturated/α-hetero) is 1. The van der Waals surface area contributed by atoms with Gasteiger partial charge in [-0.15, -0.1) is 0 Å². The summed E-state index contributed by atoms with van der Waals surface area (Å²) in [6, 6.07) is 0.494. The highest BCUT2D eigenvalue weighted by Gasteiger charge is 2.26. The standard InChI is InChI=1S/C12H23NO2/c1-10(2)13(7-8-15-3)9-11-5-4-6-12(11)14/h10-11H,4-9H2,1-3H3. The summed E-state index contributed by atoms with van der Waals surface area (Å²) in [7, 11) is 1.72. The van der Waals surface area contributed by atoms with Crippen LogP contribution in [0.5, 0.6) is 0 Å². The van der Waals surface area contributed by atoms with Gasteiger partial charge in [0.2, 0.25) is 0 Å². The summed E-state index contributed by atoms with van der Waals surface area (Å²) in [5, 5.41) is 0. The third-order valence-corrected chi connectivity index (χ3v) is 3.20. The summed E-state index contributed by atoms with van der Waals surface area (Å²) < 4.78 is 5.09. The van der Waals surface area contributed by atoms with Crippen molar-refractivity contribution in [3.8, 4) is 0 Å². The molecule has 0 bridgehead atoms. The molecule has 0 amide bonds. The lowest BCUT2D eigenvalue weighted by atomic mass is 10.1. The van der Waals surface area contributed by atoms with Crippen molar-refractivity contribution < 1.29 is 9.53 Å². The summed E-state index contributed by atoms with van der Waals surface area (Å²) in [5.74, 6) is 0.738. The lowest BCUT2D eigenvalue weighted by Gasteiger charge is -2.28. The first kappa shape index (κ1) is 12.7. The second-order valence-corrected chi connectivity index (χ2v) is 4.64. The van der Waals surface area contributed by atoms with Gasteiger partial charge in [-0.25, -0.2) is 0 Å². The van der Waals surface area contributed by atoms with Gasteiger partial charge < -0.3 is 4.74 Å². The van der Waals surface area contributed by atoms with Gasteiger partial charge in [-0.1, -0.05) is 0 Å². The molecule has 3 heteroatoms. The van der Waals surface area contributed by atoms with Crippen molar-refractivity contribution >= 4 is 5.78 Å². The van der Waals surface area contributed by atoms with Crippen LogP contribution in [0.3, 0.4) is 0 Å². The van der Waals surface area contributed by atoms with Crippen LogP contribution in [-0.4, -0.2) is 43.5 Å². The van der Waals surface area contributed by atoms with Crippen molar-refractivity contribution in [1.29, 1.82) is 0 Å². The summed E-state index contributed by atoms with van der Waals surface area (Å²) in [6.07, 6.45) is 2.95. The van der Waals surface area contributed by atoms with Crippen molar-refractivity contribution in [3.63, 3.8) is 0 Å². The van der Waals surface area contributed by atoms with Crippen LogP contribution in [0.15, 0.2) is 0 Å². The third-order valence-electron chi connectivity index (χ3n) is 3.20. The molecule has 3 nitrogen and oxygen atoms in total. The molecule has 1 rings (SSSR count). The van der Waals surface area contributed by atoms with E-state index in [1.807, 2.05) is 0 Å². The van der Waals surface area contributed by atoms with Crippen LogP contribution >= 0.6 is 0 Å². The number of nitrogens with zero attached hydrogens (tertiary/aromatic N) is 1. The molecule has 0 N–H and O–H groups in total. The van der Waals surface area contributed by atoms with E-state index in [0.29, 0.717) is 11.8 Å². The molecule has 1 unspecified atom stereocenters. The molecule has 1 saturated carbocycles. The van der Waals surface area contributed by atoms with E-state index in [9.17, 15) is 4.79 Å². The average Bonchev–Trinajstić information content (AvgIpc) is 2.58. The third kappa shape index (κ3) is 3.92. The fourth-order valence-electron chi connectivity index (χ4n) is 2.13. The van der Waals surface area contributed by atoms with Crippen molar-refractivity contribution in [2.24, 2.45) is 5.92 Å². The maximum absolute atomic E-state index is 11.5. The monoisotopic (exact) mass is 213 g/mol. The minimum absolute atomic E-state index is 0.282. The number of rotatable bonds is 6. The van der Waals surface area contributed by atoms with Crippen LogP contribution in [0.2, 0.25) is 0 Å². The molecular formula is C12H23NO2. The maximum Gasteiger partial charge on any atom is 0.137 e. The quantitative estimate of drug-likeness (QED) is 0.672. The first-order chi connectivity index (χ1) is 7.15. The molecule has 0 aliphatic heterocycles. The maximum atomic E-state index is 11.5. The molecule has 0 spiro atoms. The smallest absolute Gasteiger partial charge is 0.137 e. The predicted octanol–water partition coefficient (Wildman–Crippen LogP) is 1.71. The molecule has 15 heavy (non-hydrogen) atoms. The fourth-order valence-corrected chi connectivity index (χ4v) is 2.13. The second-order valence-electron chi connectivity index (χ2n) is 4.64. The SMILES string of the molecule is COCCN(CC1CCCC1=O)C(C)C. The molecule has 1 aliphatic rings. The Morgan fingerprint density at radius 3 is 2.73 bits per heavy atom. The summed E-state index contributed by atoms with van der Waals surface area (Å²) in [6.45, 7) is 6.95. The Kier molecular flexibility index (Phi) is 5.26. The lowest BCUT2D eigenvalue weighted by molar-refractivity contribution is -0.121. The number of methoxy groups -OCH3 is 1. The van der Waals surface area contributed by atoms with Crippen LogP contribution in [0.25, 0.3) is 0 Å². The Balaban J connectivity index is 2.39. The zero-order valence-electron chi connectivity index (χ0n) is 10.2. The normalized spacial score (nSPS) is 21.9. The Bertz CT molecular complexity index is 204. The van der Waals surface area contributed by atoms with E-state index < -0.39 is 0 Å². The number of carbonyl (C=O) groups is 1. The number of carbonyl (C=O) groups excluding carboxylic acids is 1. The highest BCUT2D eigenvalue weighted by atomic mass is 16.5. The lowest BCUT2D eigenvalue weighted by Crippen LogP contribution is -2.38. The highest BCUT2D eigenvalue weighted by molar-refractivity contribution is 5.83. The van der Waals surface area contributed by atoms with Gasteiger partial charge in [-0.05, 0) is 26.7 Å². The Hall–Kier alpha value is -0.410. The van der Waals surface area contributed by atoms with E-state index in [0.717, 1.165) is 39.0 Å². The molecule has 0 aromatic carbocycles. The predicted molar refractivity (Wildman–Crippen MR) is 60.9 cm³/mol. The minimum Gasteiger partial charge on any atom is -0.383 e. The largest absolute Gasteiger partial charge is 0.383 e. The fraction of sp³-hybridized carbons (Fsp3) is 0.917. The van der Waals surface area contributed by atoms with Gasteiger partial charge in [0, 0.05) is 38.6 Å². The van der Waals surface area contributed by atoms with Gasteiger partial charge in [-0.2, -0.15) is 0 Å². The molecule has 1 atom stereocenters. The van der Waals surface area contributed by atoms with Crippen LogP contribution in [0.1, 0.15) is 33.1 Å². The molecule has 0 aromatic rings. The van der Waals surface area contributed by atoms with E-state index in [-0.39, 0.29) is 5.92 Å². The molecule has 0 radical (unpaired) electrons. The molecule has 88 valence electrons. The van der Waals surface area contributed by atoms with E-state index in [1.165, 1.54) is 0 Å². The number of hydrogen-bond acceptors (Lipinski definition) is 3. The Labute approximate surface area is 92.8 Å². The Morgan fingerprint density at radius 2 is 2.27 bits per heavy atom. The van der Waals surface area contributed by atoms with E-state index in [1.54, 1.807) is 7.11 Å². The molecule has 0 aromatic heterocycles. The molecule has 0 saturated heterocycles. The van der Waals surface area contributed by atoms with Gasteiger partial charge in [0.15, 0.2) is 0 Å². The van der Waals surface area contributed by atoms with Gasteiger partial charge in [0.25, 0.3) is 0 Å². The van der Waals surface area contributed by atoms with Crippen LogP contribution in [0, 0.1) is 5.92 Å². The summed E-state index contributed by atoms with van der Waals surface area (Å²) in [4.78, 5) is 13.9. The summed E-state index contributed by atoms with van der Waals surface area (Å²) in [5.41, 5.74) is 0. The molecule has 0 heterocycles.